The van der Waals surface area contributed by atoms with Crippen LogP contribution >= 0.6 is 0 Å². The highest BCUT2D eigenvalue weighted by Crippen LogP contribution is 2.31. The van der Waals surface area contributed by atoms with Gasteiger partial charge in [-0.15, -0.1) is 0 Å². The highest BCUT2D eigenvalue weighted by Gasteiger charge is 2.12. The molecule has 0 atom stereocenters. The number of aryl methyl sites for hydroxylation is 1. The van der Waals surface area contributed by atoms with Crippen LogP contribution in [-0.4, -0.2) is 13.2 Å². The van der Waals surface area contributed by atoms with E-state index in [2.05, 4.69) is 32.6 Å². The van der Waals surface area contributed by atoms with Gasteiger partial charge in [-0.3, -0.25) is 0 Å². The quantitative estimate of drug-likeness (QED) is 0.748. The Kier molecular flexibility index (Phi) is 4.29. The fraction of sp³-hybridized carbons (Fsp3) is 0.500. The third kappa shape index (κ3) is 3.52. The Bertz CT molecular complexity index is 421. The molecule has 2 heteroatoms. The molecule has 1 aliphatic rings. The number of hydrogen-bond acceptors (Lipinski definition) is 2. The molecule has 1 aromatic carbocycles. The first kappa shape index (κ1) is 13.0. The summed E-state index contributed by atoms with van der Waals surface area (Å²) in [4.78, 5) is 0. The summed E-state index contributed by atoms with van der Waals surface area (Å²) in [5.74, 6) is 2.46. The minimum atomic E-state index is 0.555. The number of fused-ring (bicyclic) bond motifs is 1. The van der Waals surface area contributed by atoms with E-state index in [9.17, 15) is 0 Å². The smallest absolute Gasteiger partial charge is 0.161 e. The van der Waals surface area contributed by atoms with Crippen LogP contribution in [0.4, 0.5) is 0 Å². The predicted octanol–water partition coefficient (Wildman–Crippen LogP) is 3.99. The Balaban J connectivity index is 2.00. The lowest BCUT2D eigenvalue weighted by atomic mass is 10.0. The summed E-state index contributed by atoms with van der Waals surface area (Å²) in [6, 6.07) is 6.25. The number of benzene rings is 1. The fourth-order valence-corrected chi connectivity index (χ4v) is 2.06. The summed E-state index contributed by atoms with van der Waals surface area (Å²) < 4.78 is 11.3. The number of hydrogen-bond donors (Lipinski definition) is 0. The van der Waals surface area contributed by atoms with Crippen molar-refractivity contribution in [2.75, 3.05) is 13.2 Å². The van der Waals surface area contributed by atoms with Crippen LogP contribution in [0.5, 0.6) is 11.5 Å². The van der Waals surface area contributed by atoms with Gasteiger partial charge >= 0.3 is 0 Å². The van der Waals surface area contributed by atoms with Gasteiger partial charge in [0.25, 0.3) is 0 Å². The Morgan fingerprint density at radius 3 is 2.61 bits per heavy atom. The molecule has 0 saturated heterocycles. The van der Waals surface area contributed by atoms with Crippen molar-refractivity contribution in [2.24, 2.45) is 5.92 Å². The van der Waals surface area contributed by atoms with E-state index in [1.807, 2.05) is 6.07 Å². The summed E-state index contributed by atoms with van der Waals surface area (Å²) in [6.07, 6.45) is 3.60. The van der Waals surface area contributed by atoms with Crippen molar-refractivity contribution in [3.05, 3.63) is 35.9 Å². The molecular weight excluding hydrogens is 224 g/mol. The monoisotopic (exact) mass is 246 g/mol. The first-order valence-electron chi connectivity index (χ1n) is 6.70. The zero-order chi connectivity index (χ0) is 13.0. The lowest BCUT2D eigenvalue weighted by Gasteiger charge is -2.09. The molecule has 0 amide bonds. The Hall–Kier alpha value is -1.44. The second-order valence-electron chi connectivity index (χ2n) is 5.39. The van der Waals surface area contributed by atoms with Gasteiger partial charge in [-0.1, -0.05) is 32.9 Å². The van der Waals surface area contributed by atoms with Crippen LogP contribution in [0.25, 0.3) is 0 Å². The molecule has 1 heterocycles. The van der Waals surface area contributed by atoms with Crippen molar-refractivity contribution in [1.82, 2.24) is 0 Å². The normalized spacial score (nSPS) is 14.7. The van der Waals surface area contributed by atoms with Crippen LogP contribution in [0, 0.1) is 5.92 Å². The van der Waals surface area contributed by atoms with Crippen LogP contribution in [0.1, 0.15) is 32.3 Å². The lowest BCUT2D eigenvalue weighted by molar-refractivity contribution is 0.354. The van der Waals surface area contributed by atoms with Crippen LogP contribution in [0.2, 0.25) is 0 Å². The van der Waals surface area contributed by atoms with Crippen molar-refractivity contribution in [2.45, 2.75) is 33.1 Å². The second-order valence-corrected chi connectivity index (χ2v) is 5.39. The lowest BCUT2D eigenvalue weighted by Crippen LogP contribution is -2.02. The maximum Gasteiger partial charge on any atom is 0.161 e. The summed E-state index contributed by atoms with van der Waals surface area (Å²) in [6.45, 7) is 9.54. The third-order valence-corrected chi connectivity index (χ3v) is 3.12. The molecule has 0 aliphatic carbocycles. The Labute approximate surface area is 110 Å². The Morgan fingerprint density at radius 1 is 1.17 bits per heavy atom. The van der Waals surface area contributed by atoms with Crippen LogP contribution < -0.4 is 9.47 Å². The molecule has 0 fully saturated rings. The van der Waals surface area contributed by atoms with E-state index in [1.165, 1.54) is 18.4 Å². The van der Waals surface area contributed by atoms with Gasteiger partial charge in [0, 0.05) is 0 Å². The van der Waals surface area contributed by atoms with Gasteiger partial charge in [0.1, 0.15) is 13.2 Å². The molecule has 1 aliphatic heterocycles. The summed E-state index contributed by atoms with van der Waals surface area (Å²) >= 11 is 0. The number of rotatable bonds is 4. The van der Waals surface area contributed by atoms with E-state index in [4.69, 9.17) is 9.47 Å². The topological polar surface area (TPSA) is 18.5 Å². The van der Waals surface area contributed by atoms with Gasteiger partial charge in [-0.25, -0.2) is 0 Å². The summed E-state index contributed by atoms with van der Waals surface area (Å²) in [7, 11) is 0. The standard InChI is InChI=1S/C16H22O2/c1-12(2)5-4-6-14-7-8-15-16(9-14)18-11-13(3)10-17-15/h7-9,12H,3-6,10-11H2,1-2H3. The van der Waals surface area contributed by atoms with Gasteiger partial charge in [-0.2, -0.15) is 0 Å². The van der Waals surface area contributed by atoms with Crippen molar-refractivity contribution < 1.29 is 9.47 Å². The molecule has 0 saturated carbocycles. The fourth-order valence-electron chi connectivity index (χ4n) is 2.06. The Morgan fingerprint density at radius 2 is 1.89 bits per heavy atom. The molecule has 0 radical (unpaired) electrons. The van der Waals surface area contributed by atoms with E-state index in [0.29, 0.717) is 13.2 Å². The van der Waals surface area contributed by atoms with Crippen LogP contribution in [0.15, 0.2) is 30.4 Å². The van der Waals surface area contributed by atoms with Crippen LogP contribution in [0.3, 0.4) is 0 Å². The molecule has 18 heavy (non-hydrogen) atoms. The highest BCUT2D eigenvalue weighted by atomic mass is 16.5. The van der Waals surface area contributed by atoms with Gasteiger partial charge < -0.3 is 9.47 Å². The van der Waals surface area contributed by atoms with Gasteiger partial charge in [0.15, 0.2) is 11.5 Å². The third-order valence-electron chi connectivity index (χ3n) is 3.12. The van der Waals surface area contributed by atoms with Crippen molar-refractivity contribution in [3.63, 3.8) is 0 Å². The first-order valence-corrected chi connectivity index (χ1v) is 6.70. The van der Waals surface area contributed by atoms with E-state index in [-0.39, 0.29) is 0 Å². The molecule has 2 rings (SSSR count). The molecule has 1 aromatic rings. The average Bonchev–Trinajstić information content (AvgIpc) is 2.51. The van der Waals surface area contributed by atoms with Crippen molar-refractivity contribution in [3.8, 4) is 11.5 Å². The molecule has 98 valence electrons. The minimum Gasteiger partial charge on any atom is -0.485 e. The summed E-state index contributed by atoms with van der Waals surface area (Å²) in [5, 5.41) is 0. The maximum absolute atomic E-state index is 5.70. The van der Waals surface area contributed by atoms with E-state index < -0.39 is 0 Å². The van der Waals surface area contributed by atoms with Gasteiger partial charge in [0.05, 0.1) is 0 Å². The van der Waals surface area contributed by atoms with Crippen LogP contribution in [-0.2, 0) is 6.42 Å². The van der Waals surface area contributed by atoms with Crippen molar-refractivity contribution in [1.29, 1.82) is 0 Å². The SMILES string of the molecule is C=C1COc2ccc(CCCC(C)C)cc2OC1. The average molecular weight is 246 g/mol. The zero-order valence-electron chi connectivity index (χ0n) is 11.4. The molecule has 0 bridgehead atoms. The van der Waals surface area contributed by atoms with Crippen molar-refractivity contribution >= 4 is 0 Å². The van der Waals surface area contributed by atoms with E-state index >= 15 is 0 Å². The van der Waals surface area contributed by atoms with E-state index in [1.54, 1.807) is 0 Å². The maximum atomic E-state index is 5.70. The van der Waals surface area contributed by atoms with E-state index in [0.717, 1.165) is 29.4 Å². The molecule has 0 spiro atoms. The van der Waals surface area contributed by atoms with Gasteiger partial charge in [-0.05, 0) is 42.0 Å². The molecule has 0 aromatic heterocycles. The molecule has 0 N–H and O–H groups in total. The zero-order valence-corrected chi connectivity index (χ0v) is 11.4. The second kappa shape index (κ2) is 5.94. The largest absolute Gasteiger partial charge is 0.485 e. The highest BCUT2D eigenvalue weighted by molar-refractivity contribution is 5.44. The summed E-state index contributed by atoms with van der Waals surface area (Å²) in [5.41, 5.74) is 2.30. The first-order chi connectivity index (χ1) is 8.65. The molecule has 0 unspecified atom stereocenters. The minimum absolute atomic E-state index is 0.555. The molecular formula is C16H22O2. The molecule has 2 nitrogen and oxygen atoms in total. The predicted molar refractivity (Wildman–Crippen MR) is 74.3 cm³/mol. The van der Waals surface area contributed by atoms with Gasteiger partial charge in [0.2, 0.25) is 0 Å². The number of ether oxygens (including phenoxy) is 2.